The summed E-state index contributed by atoms with van der Waals surface area (Å²) in [5.41, 5.74) is -0.979. The predicted molar refractivity (Wildman–Crippen MR) is 136 cm³/mol. The number of ketones is 1. The van der Waals surface area contributed by atoms with E-state index in [1.165, 1.54) is 32.4 Å². The monoisotopic (exact) mass is 557 g/mol. The standard InChI is InChI=1S/C28H19ClF3NO6/c1-37-19-8-6-14(7-9-19)23-22(24(34)20-11-15-10-17(29)13-21(38-2)26(15)39-20)25(35)27(36)33(23)18-5-3-4-16(12-18)28(30,31)32/h3-13,23,35H,1-2H3. The van der Waals surface area contributed by atoms with Gasteiger partial charge in [-0.05, 0) is 48.0 Å². The highest BCUT2D eigenvalue weighted by atomic mass is 35.5. The van der Waals surface area contributed by atoms with E-state index in [1.54, 1.807) is 30.3 Å². The number of hydrogen-bond acceptors (Lipinski definition) is 6. The fourth-order valence-corrected chi connectivity index (χ4v) is 4.74. The first-order chi connectivity index (χ1) is 18.5. The molecule has 1 atom stereocenters. The van der Waals surface area contributed by atoms with Gasteiger partial charge in [0, 0.05) is 22.2 Å². The molecule has 0 saturated carbocycles. The molecule has 1 N–H and O–H groups in total. The summed E-state index contributed by atoms with van der Waals surface area (Å²) in [5, 5.41) is 11.7. The molecule has 4 aromatic rings. The van der Waals surface area contributed by atoms with Crippen LogP contribution in [0.25, 0.3) is 11.0 Å². The highest BCUT2D eigenvalue weighted by molar-refractivity contribution is 6.31. The first kappa shape index (κ1) is 26.2. The van der Waals surface area contributed by atoms with Crippen molar-refractivity contribution in [3.63, 3.8) is 0 Å². The van der Waals surface area contributed by atoms with E-state index in [9.17, 15) is 27.9 Å². The van der Waals surface area contributed by atoms with E-state index in [-0.39, 0.29) is 28.4 Å². The van der Waals surface area contributed by atoms with E-state index in [4.69, 9.17) is 25.5 Å². The topological polar surface area (TPSA) is 89.2 Å². The second-order valence-corrected chi connectivity index (χ2v) is 9.06. The van der Waals surface area contributed by atoms with Gasteiger partial charge in [-0.1, -0.05) is 29.8 Å². The van der Waals surface area contributed by atoms with E-state index < -0.39 is 35.2 Å². The minimum atomic E-state index is -4.68. The van der Waals surface area contributed by atoms with Crippen LogP contribution >= 0.6 is 11.6 Å². The molecular weight excluding hydrogens is 539 g/mol. The van der Waals surface area contributed by atoms with Crippen molar-refractivity contribution >= 4 is 39.9 Å². The lowest BCUT2D eigenvalue weighted by Gasteiger charge is -2.27. The fourth-order valence-electron chi connectivity index (χ4n) is 4.52. The molecule has 3 aromatic carbocycles. The molecule has 0 radical (unpaired) electrons. The number of carbonyl (C=O) groups excluding carboxylic acids is 2. The average Bonchev–Trinajstić information content (AvgIpc) is 3.46. The SMILES string of the molecule is COc1ccc(C2C(C(=O)c3cc4cc(Cl)cc(OC)c4o3)=C(O)C(=O)N2c2cccc(C(F)(F)F)c2)cc1. The predicted octanol–water partition coefficient (Wildman–Crippen LogP) is 6.91. The largest absolute Gasteiger partial charge is 0.503 e. The Morgan fingerprint density at radius 3 is 2.38 bits per heavy atom. The molecular formula is C28H19ClF3NO6. The number of rotatable bonds is 6. The van der Waals surface area contributed by atoms with Gasteiger partial charge >= 0.3 is 6.18 Å². The van der Waals surface area contributed by atoms with E-state index in [0.717, 1.165) is 23.1 Å². The minimum absolute atomic E-state index is 0.164. The van der Waals surface area contributed by atoms with Crippen LogP contribution in [-0.4, -0.2) is 31.0 Å². The third kappa shape index (κ3) is 4.57. The van der Waals surface area contributed by atoms with Crippen LogP contribution in [0, 0.1) is 0 Å². The maximum atomic E-state index is 13.8. The number of nitrogens with zero attached hydrogens (tertiary/aromatic N) is 1. The molecule has 1 aliphatic heterocycles. The van der Waals surface area contributed by atoms with Crippen LogP contribution in [0.1, 0.15) is 27.7 Å². The van der Waals surface area contributed by atoms with E-state index in [2.05, 4.69) is 0 Å². The zero-order chi connectivity index (χ0) is 28.1. The lowest BCUT2D eigenvalue weighted by atomic mass is 9.94. The zero-order valence-corrected chi connectivity index (χ0v) is 21.1. The summed E-state index contributed by atoms with van der Waals surface area (Å²) >= 11 is 6.12. The molecule has 39 heavy (non-hydrogen) atoms. The first-order valence-corrected chi connectivity index (χ1v) is 11.8. The van der Waals surface area contributed by atoms with Crippen molar-refractivity contribution in [2.24, 2.45) is 0 Å². The van der Waals surface area contributed by atoms with Crippen molar-refractivity contribution < 1.29 is 41.8 Å². The Hall–Kier alpha value is -4.44. The van der Waals surface area contributed by atoms with E-state index >= 15 is 0 Å². The highest BCUT2D eigenvalue weighted by Gasteiger charge is 2.46. The number of anilines is 1. The molecule has 0 saturated heterocycles. The Kier molecular flexibility index (Phi) is 6.51. The second kappa shape index (κ2) is 9.70. The van der Waals surface area contributed by atoms with Crippen LogP contribution in [0.15, 0.2) is 82.5 Å². The quantitative estimate of drug-likeness (QED) is 0.259. The van der Waals surface area contributed by atoms with Crippen LogP contribution in [-0.2, 0) is 11.0 Å². The van der Waals surface area contributed by atoms with Crippen LogP contribution in [0.4, 0.5) is 18.9 Å². The van der Waals surface area contributed by atoms with E-state index in [1.807, 2.05) is 0 Å². The zero-order valence-electron chi connectivity index (χ0n) is 20.4. The Balaban J connectivity index is 1.67. The molecule has 0 aliphatic carbocycles. The Bertz CT molecular complexity index is 1640. The first-order valence-electron chi connectivity index (χ1n) is 11.4. The van der Waals surface area contributed by atoms with Gasteiger partial charge in [0.2, 0.25) is 5.78 Å². The number of carbonyl (C=O) groups is 2. The third-order valence-electron chi connectivity index (χ3n) is 6.33. The molecule has 0 bridgehead atoms. The molecule has 1 aromatic heterocycles. The van der Waals surface area contributed by atoms with Crippen LogP contribution in [0.3, 0.4) is 0 Å². The molecule has 7 nitrogen and oxygen atoms in total. The molecule has 5 rings (SSSR count). The number of hydrogen-bond donors (Lipinski definition) is 1. The average molecular weight is 558 g/mol. The third-order valence-corrected chi connectivity index (χ3v) is 6.54. The molecule has 1 unspecified atom stereocenters. The normalized spacial score (nSPS) is 15.8. The summed E-state index contributed by atoms with van der Waals surface area (Å²) < 4.78 is 56.7. The summed E-state index contributed by atoms with van der Waals surface area (Å²) in [7, 11) is 2.84. The van der Waals surface area contributed by atoms with E-state index in [0.29, 0.717) is 21.7 Å². The number of aliphatic hydroxyl groups excluding tert-OH is 1. The maximum absolute atomic E-state index is 13.8. The summed E-state index contributed by atoms with van der Waals surface area (Å²) in [4.78, 5) is 28.1. The molecule has 1 aliphatic rings. The Labute approximate surface area is 224 Å². The van der Waals surface area contributed by atoms with Gasteiger partial charge in [-0.3, -0.25) is 14.5 Å². The lowest BCUT2D eigenvalue weighted by molar-refractivity contribution is -0.137. The molecule has 0 spiro atoms. The van der Waals surface area contributed by atoms with Gasteiger partial charge in [-0.15, -0.1) is 0 Å². The van der Waals surface area contributed by atoms with Gasteiger partial charge in [-0.25, -0.2) is 0 Å². The molecule has 1 amide bonds. The molecule has 0 fully saturated rings. The van der Waals surface area contributed by atoms with Crippen molar-refractivity contribution in [3.05, 3.63) is 100.0 Å². The summed E-state index contributed by atoms with van der Waals surface area (Å²) in [5.74, 6) is -2.31. The summed E-state index contributed by atoms with van der Waals surface area (Å²) in [6, 6.07) is 13.4. The van der Waals surface area contributed by atoms with Crippen molar-refractivity contribution in [1.82, 2.24) is 0 Å². The Morgan fingerprint density at radius 1 is 1.03 bits per heavy atom. The molecule has 2 heterocycles. The van der Waals surface area contributed by atoms with Crippen LogP contribution in [0.2, 0.25) is 5.02 Å². The number of fused-ring (bicyclic) bond motifs is 1. The number of aliphatic hydroxyl groups is 1. The van der Waals surface area contributed by atoms with Gasteiger partial charge in [-0.2, -0.15) is 13.2 Å². The van der Waals surface area contributed by atoms with Gasteiger partial charge in [0.15, 0.2) is 22.9 Å². The van der Waals surface area contributed by atoms with Gasteiger partial charge in [0.05, 0.1) is 31.4 Å². The van der Waals surface area contributed by atoms with Crippen LogP contribution < -0.4 is 14.4 Å². The molecule has 200 valence electrons. The van der Waals surface area contributed by atoms with Gasteiger partial charge in [0.1, 0.15) is 5.75 Å². The number of ether oxygens (including phenoxy) is 2. The summed E-state index contributed by atoms with van der Waals surface area (Å²) in [6.07, 6.45) is -4.68. The number of methoxy groups -OCH3 is 2. The number of furan rings is 1. The van der Waals surface area contributed by atoms with Crippen molar-refractivity contribution in [3.8, 4) is 11.5 Å². The number of halogens is 4. The van der Waals surface area contributed by atoms with Crippen LogP contribution in [0.5, 0.6) is 11.5 Å². The fraction of sp³-hybridized carbons (Fsp3) is 0.143. The highest BCUT2D eigenvalue weighted by Crippen LogP contribution is 2.44. The lowest BCUT2D eigenvalue weighted by Crippen LogP contribution is -2.31. The van der Waals surface area contributed by atoms with Crippen molar-refractivity contribution in [2.45, 2.75) is 12.2 Å². The van der Waals surface area contributed by atoms with Gasteiger partial charge in [0.25, 0.3) is 5.91 Å². The number of alkyl halides is 3. The smallest absolute Gasteiger partial charge is 0.416 e. The number of benzene rings is 3. The summed E-state index contributed by atoms with van der Waals surface area (Å²) in [6.45, 7) is 0. The van der Waals surface area contributed by atoms with Crippen molar-refractivity contribution in [1.29, 1.82) is 0 Å². The van der Waals surface area contributed by atoms with Gasteiger partial charge < -0.3 is 19.0 Å². The minimum Gasteiger partial charge on any atom is -0.503 e. The maximum Gasteiger partial charge on any atom is 0.416 e. The number of amides is 1. The second-order valence-electron chi connectivity index (χ2n) is 8.63. The molecule has 11 heteroatoms. The number of Topliss-reactive ketones (excluding diaryl/α,β-unsaturated/α-hetero) is 1. The van der Waals surface area contributed by atoms with Crippen molar-refractivity contribution in [2.75, 3.05) is 19.1 Å². The Morgan fingerprint density at radius 2 is 1.74 bits per heavy atom.